The quantitative estimate of drug-likeness (QED) is 0.745. The smallest absolute Gasteiger partial charge is 0.309 e. The second kappa shape index (κ2) is 2.46. The number of carboxylic acid groups (broad SMARTS) is 1. The molecule has 4 aliphatic carbocycles. The minimum atomic E-state index is -1.21. The molecule has 3 heteroatoms. The van der Waals surface area contributed by atoms with E-state index in [4.69, 9.17) is 0 Å². The lowest BCUT2D eigenvalue weighted by atomic mass is 9.39. The average Bonchev–Trinajstić information content (AvgIpc) is 1.92. The Morgan fingerprint density at radius 1 is 1.00 bits per heavy atom. The number of rotatable bonds is 1. The Kier molecular flexibility index (Phi) is 1.62. The maximum atomic E-state index is 14.7. The van der Waals surface area contributed by atoms with Crippen LogP contribution < -0.4 is 0 Å². The monoisotopic (exact) mass is 226 g/mol. The Morgan fingerprint density at radius 2 is 1.50 bits per heavy atom. The third-order valence-corrected chi connectivity index (χ3v) is 4.98. The molecule has 0 spiro atoms. The highest BCUT2D eigenvalue weighted by molar-refractivity contribution is 5.76. The van der Waals surface area contributed by atoms with E-state index in [0.29, 0.717) is 25.7 Å². The largest absolute Gasteiger partial charge is 0.481 e. The van der Waals surface area contributed by atoms with Gasteiger partial charge < -0.3 is 5.11 Å². The molecule has 0 aromatic heterocycles. The van der Waals surface area contributed by atoms with Gasteiger partial charge in [0.2, 0.25) is 0 Å². The highest BCUT2D eigenvalue weighted by Crippen LogP contribution is 2.71. The molecular formula is C13H19FO2. The lowest BCUT2D eigenvalue weighted by molar-refractivity contribution is -0.211. The van der Waals surface area contributed by atoms with E-state index in [1.54, 1.807) is 0 Å². The molecule has 4 saturated carbocycles. The van der Waals surface area contributed by atoms with Crippen LogP contribution in [-0.4, -0.2) is 16.7 Å². The highest BCUT2D eigenvalue weighted by atomic mass is 19.1. The fourth-order valence-electron chi connectivity index (χ4n) is 5.78. The summed E-state index contributed by atoms with van der Waals surface area (Å²) in [6.07, 6.45) is 3.75. The first kappa shape index (κ1) is 10.5. The maximum absolute atomic E-state index is 14.7. The van der Waals surface area contributed by atoms with E-state index in [1.165, 1.54) is 0 Å². The molecular weight excluding hydrogens is 207 g/mol. The second-order valence-corrected chi connectivity index (χ2v) is 7.42. The van der Waals surface area contributed by atoms with Gasteiger partial charge in [0.25, 0.3) is 0 Å². The lowest BCUT2D eigenvalue weighted by Gasteiger charge is -2.65. The minimum absolute atomic E-state index is 0.0867. The summed E-state index contributed by atoms with van der Waals surface area (Å²) in [7, 11) is 0. The summed E-state index contributed by atoms with van der Waals surface area (Å²) in [5.74, 6) is -0.772. The van der Waals surface area contributed by atoms with Crippen molar-refractivity contribution in [3.63, 3.8) is 0 Å². The minimum Gasteiger partial charge on any atom is -0.481 e. The van der Waals surface area contributed by atoms with Crippen LogP contribution >= 0.6 is 0 Å². The van der Waals surface area contributed by atoms with E-state index >= 15 is 0 Å². The van der Waals surface area contributed by atoms with Gasteiger partial charge in [-0.2, -0.15) is 0 Å². The summed E-state index contributed by atoms with van der Waals surface area (Å²) in [5.41, 5.74) is -2.16. The molecule has 0 saturated heterocycles. The Hall–Kier alpha value is -0.600. The molecule has 0 radical (unpaired) electrons. The first-order valence-corrected chi connectivity index (χ1v) is 6.11. The number of halogens is 1. The van der Waals surface area contributed by atoms with E-state index in [0.717, 1.165) is 6.42 Å². The SMILES string of the molecule is CC12CC3(C)CC(F)(C1)CC(C(=O)O)(C2)C3. The molecule has 0 amide bonds. The van der Waals surface area contributed by atoms with Gasteiger partial charge in [0.1, 0.15) is 5.67 Å². The summed E-state index contributed by atoms with van der Waals surface area (Å²) in [4.78, 5) is 11.5. The standard InChI is InChI=1S/C13H19FO2/c1-10-3-11(2)5-12(4-10,9(15)16)8-13(14,6-10)7-11/h3-8H2,1-2H3,(H,15,16). The molecule has 2 nitrogen and oxygen atoms in total. The molecule has 16 heavy (non-hydrogen) atoms. The zero-order chi connectivity index (χ0) is 11.8. The van der Waals surface area contributed by atoms with Gasteiger partial charge in [-0.25, -0.2) is 4.39 Å². The van der Waals surface area contributed by atoms with E-state index in [1.807, 2.05) is 0 Å². The summed E-state index contributed by atoms with van der Waals surface area (Å²) in [5, 5.41) is 9.46. The van der Waals surface area contributed by atoms with Gasteiger partial charge >= 0.3 is 5.97 Å². The molecule has 4 rings (SSSR count). The number of carboxylic acids is 1. The van der Waals surface area contributed by atoms with Crippen LogP contribution in [0.2, 0.25) is 0 Å². The van der Waals surface area contributed by atoms with Crippen LogP contribution in [0, 0.1) is 16.2 Å². The zero-order valence-electron chi connectivity index (χ0n) is 9.98. The third-order valence-electron chi connectivity index (χ3n) is 4.98. The number of aliphatic carboxylic acids is 1. The topological polar surface area (TPSA) is 37.3 Å². The number of hydrogen-bond donors (Lipinski definition) is 1. The van der Waals surface area contributed by atoms with Gasteiger partial charge in [-0.1, -0.05) is 13.8 Å². The van der Waals surface area contributed by atoms with Crippen LogP contribution in [0.4, 0.5) is 4.39 Å². The summed E-state index contributed by atoms with van der Waals surface area (Å²) < 4.78 is 14.7. The Morgan fingerprint density at radius 3 is 1.88 bits per heavy atom. The van der Waals surface area contributed by atoms with E-state index in [2.05, 4.69) is 13.8 Å². The molecule has 1 N–H and O–H groups in total. The fourth-order valence-corrected chi connectivity index (χ4v) is 5.78. The van der Waals surface area contributed by atoms with Gasteiger partial charge in [0.05, 0.1) is 5.41 Å². The van der Waals surface area contributed by atoms with Gasteiger partial charge in [-0.15, -0.1) is 0 Å². The van der Waals surface area contributed by atoms with Crippen molar-refractivity contribution < 1.29 is 14.3 Å². The van der Waals surface area contributed by atoms with Crippen LogP contribution in [0.15, 0.2) is 0 Å². The Labute approximate surface area is 95.2 Å². The molecule has 2 unspecified atom stereocenters. The molecule has 0 aliphatic heterocycles. The van der Waals surface area contributed by atoms with Gasteiger partial charge in [-0.05, 0) is 49.4 Å². The van der Waals surface area contributed by atoms with Crippen molar-refractivity contribution in [3.8, 4) is 0 Å². The Balaban J connectivity index is 2.11. The van der Waals surface area contributed by atoms with Crippen LogP contribution in [0.5, 0.6) is 0 Å². The van der Waals surface area contributed by atoms with Crippen LogP contribution in [-0.2, 0) is 4.79 Å². The molecule has 0 aromatic rings. The fraction of sp³-hybridized carbons (Fsp3) is 0.923. The summed E-state index contributed by atoms with van der Waals surface area (Å²) >= 11 is 0. The van der Waals surface area contributed by atoms with Crippen molar-refractivity contribution in [3.05, 3.63) is 0 Å². The second-order valence-electron chi connectivity index (χ2n) is 7.42. The molecule has 2 atom stereocenters. The van der Waals surface area contributed by atoms with Crippen molar-refractivity contribution in [2.75, 3.05) is 0 Å². The molecule has 4 fully saturated rings. The zero-order valence-corrected chi connectivity index (χ0v) is 9.98. The van der Waals surface area contributed by atoms with E-state index in [9.17, 15) is 14.3 Å². The van der Waals surface area contributed by atoms with Gasteiger partial charge in [-0.3, -0.25) is 4.79 Å². The number of alkyl halides is 1. The Bertz CT molecular complexity index is 323. The lowest BCUT2D eigenvalue weighted by Crippen LogP contribution is -2.63. The average molecular weight is 226 g/mol. The molecule has 4 aliphatic rings. The van der Waals surface area contributed by atoms with Crippen molar-refractivity contribution in [2.45, 2.75) is 58.0 Å². The third kappa shape index (κ3) is 1.20. The van der Waals surface area contributed by atoms with Gasteiger partial charge in [0.15, 0.2) is 0 Å². The van der Waals surface area contributed by atoms with Crippen molar-refractivity contribution in [1.29, 1.82) is 0 Å². The van der Waals surface area contributed by atoms with Crippen molar-refractivity contribution in [1.82, 2.24) is 0 Å². The predicted molar refractivity (Wildman–Crippen MR) is 57.8 cm³/mol. The first-order chi connectivity index (χ1) is 7.19. The van der Waals surface area contributed by atoms with E-state index in [-0.39, 0.29) is 17.3 Å². The normalized spacial score (nSPS) is 58.9. The van der Waals surface area contributed by atoms with Crippen molar-refractivity contribution >= 4 is 5.97 Å². The van der Waals surface area contributed by atoms with E-state index < -0.39 is 17.1 Å². The van der Waals surface area contributed by atoms with Crippen LogP contribution in [0.25, 0.3) is 0 Å². The van der Waals surface area contributed by atoms with Crippen LogP contribution in [0.1, 0.15) is 52.4 Å². The highest BCUT2D eigenvalue weighted by Gasteiger charge is 2.68. The van der Waals surface area contributed by atoms with Crippen molar-refractivity contribution in [2.24, 2.45) is 16.2 Å². The van der Waals surface area contributed by atoms with Crippen LogP contribution in [0.3, 0.4) is 0 Å². The molecule has 0 heterocycles. The maximum Gasteiger partial charge on any atom is 0.309 e. The number of carbonyl (C=O) groups is 1. The number of hydrogen-bond acceptors (Lipinski definition) is 1. The first-order valence-electron chi connectivity index (χ1n) is 6.11. The summed E-state index contributed by atoms with van der Waals surface area (Å²) in [6.45, 7) is 4.16. The molecule has 90 valence electrons. The molecule has 0 aromatic carbocycles. The molecule has 4 bridgehead atoms. The van der Waals surface area contributed by atoms with Gasteiger partial charge in [0, 0.05) is 0 Å². The summed E-state index contributed by atoms with van der Waals surface area (Å²) in [6, 6.07) is 0. The predicted octanol–water partition coefficient (Wildman–Crippen LogP) is 3.16.